The van der Waals surface area contributed by atoms with Crippen LogP contribution in [0, 0.1) is 0 Å². The van der Waals surface area contributed by atoms with Crippen molar-refractivity contribution in [2.75, 3.05) is 13.1 Å². The van der Waals surface area contributed by atoms with Crippen molar-refractivity contribution < 1.29 is 28.2 Å². The molecule has 0 bridgehead atoms. The lowest BCUT2D eigenvalue weighted by Crippen LogP contribution is -2.22. The number of carbonyl (C=O) groups is 2. The number of hydrogen-bond donors (Lipinski definition) is 3. The number of aromatic hydroxyl groups is 1. The zero-order valence-electron chi connectivity index (χ0n) is 19.7. The van der Waals surface area contributed by atoms with Crippen molar-refractivity contribution in [1.82, 2.24) is 9.62 Å². The summed E-state index contributed by atoms with van der Waals surface area (Å²) in [5.74, 6) is -1.15. The van der Waals surface area contributed by atoms with Crippen LogP contribution in [-0.2, 0) is 23.0 Å². The topological polar surface area (TPSA) is 124 Å². The summed E-state index contributed by atoms with van der Waals surface area (Å²) >= 11 is 0. The van der Waals surface area contributed by atoms with E-state index in [2.05, 4.69) is 5.32 Å². The fraction of sp³-hybridized carbons (Fsp3) is 0.143. The quantitative estimate of drug-likeness (QED) is 0.306. The normalized spacial score (nSPS) is 13.4. The van der Waals surface area contributed by atoms with Gasteiger partial charge in [-0.05, 0) is 76.0 Å². The van der Waals surface area contributed by atoms with Crippen molar-refractivity contribution in [3.63, 3.8) is 0 Å². The lowest BCUT2D eigenvalue weighted by molar-refractivity contribution is 0.0696. The number of amides is 1. The minimum atomic E-state index is -3.41. The number of fused-ring (bicyclic) bond motifs is 1. The van der Waals surface area contributed by atoms with Gasteiger partial charge in [0.05, 0.1) is 10.5 Å². The van der Waals surface area contributed by atoms with Gasteiger partial charge in [-0.2, -0.15) is 4.31 Å². The second-order valence-electron chi connectivity index (χ2n) is 8.95. The summed E-state index contributed by atoms with van der Waals surface area (Å²) in [4.78, 5) is 24.1. The summed E-state index contributed by atoms with van der Waals surface area (Å²) in [5.41, 5.74) is 2.93. The highest BCUT2D eigenvalue weighted by Crippen LogP contribution is 2.28. The molecule has 0 aliphatic carbocycles. The summed E-state index contributed by atoms with van der Waals surface area (Å²) in [5, 5.41) is 24.0. The first kappa shape index (κ1) is 24.5. The monoisotopic (exact) mass is 516 g/mol. The zero-order valence-corrected chi connectivity index (χ0v) is 20.5. The maximum atomic E-state index is 12.8. The Balaban J connectivity index is 1.29. The van der Waals surface area contributed by atoms with Gasteiger partial charge in [-0.25, -0.2) is 13.2 Å². The first-order chi connectivity index (χ1) is 17.7. The van der Waals surface area contributed by atoms with Crippen LogP contribution in [0.4, 0.5) is 0 Å². The molecule has 3 N–H and O–H groups in total. The van der Waals surface area contributed by atoms with Gasteiger partial charge in [-0.1, -0.05) is 30.3 Å². The average Bonchev–Trinajstić information content (AvgIpc) is 3.74. The van der Waals surface area contributed by atoms with E-state index in [1.165, 1.54) is 16.4 Å². The molecule has 4 aromatic rings. The highest BCUT2D eigenvalue weighted by atomic mass is 32.2. The molecule has 0 unspecified atom stereocenters. The molecule has 37 heavy (non-hydrogen) atoms. The number of nitrogens with zero attached hydrogens (tertiary/aromatic N) is 1. The molecule has 9 heteroatoms. The molecular weight excluding hydrogens is 492 g/mol. The molecule has 1 aliphatic rings. The van der Waals surface area contributed by atoms with Gasteiger partial charge < -0.3 is 15.5 Å². The van der Waals surface area contributed by atoms with Gasteiger partial charge in [0, 0.05) is 31.6 Å². The van der Waals surface area contributed by atoms with Crippen LogP contribution in [0.15, 0.2) is 83.8 Å². The maximum absolute atomic E-state index is 12.8. The predicted octanol–water partition coefficient (Wildman–Crippen LogP) is 3.77. The van der Waals surface area contributed by atoms with Crippen molar-refractivity contribution in [3.05, 3.63) is 107 Å². The van der Waals surface area contributed by atoms with E-state index in [1.54, 1.807) is 60.7 Å². The van der Waals surface area contributed by atoms with Gasteiger partial charge in [0.2, 0.25) is 10.0 Å². The molecule has 1 amide bonds. The van der Waals surface area contributed by atoms with Crippen molar-refractivity contribution in [1.29, 1.82) is 0 Å². The van der Waals surface area contributed by atoms with Crippen LogP contribution in [0.5, 0.6) is 5.75 Å². The van der Waals surface area contributed by atoms with Gasteiger partial charge in [-0.3, -0.25) is 4.79 Å². The van der Waals surface area contributed by atoms with E-state index < -0.39 is 16.0 Å². The Morgan fingerprint density at radius 3 is 2.11 bits per heavy atom. The smallest absolute Gasteiger partial charge is 0.335 e. The Morgan fingerprint density at radius 1 is 0.811 bits per heavy atom. The largest absolute Gasteiger partial charge is 0.508 e. The molecule has 1 heterocycles. The van der Waals surface area contributed by atoms with Gasteiger partial charge in [0.15, 0.2) is 0 Å². The lowest BCUT2D eigenvalue weighted by Gasteiger charge is -2.10. The lowest BCUT2D eigenvalue weighted by atomic mass is 9.98. The first-order valence-corrected chi connectivity index (χ1v) is 13.1. The molecule has 1 fully saturated rings. The summed E-state index contributed by atoms with van der Waals surface area (Å²) in [7, 11) is -3.41. The van der Waals surface area contributed by atoms with E-state index in [0.717, 1.165) is 21.9 Å². The Kier molecular flexibility index (Phi) is 6.41. The maximum Gasteiger partial charge on any atom is 0.335 e. The number of carbonyl (C=O) groups excluding carboxylic acids is 1. The van der Waals surface area contributed by atoms with Gasteiger partial charge in [0.1, 0.15) is 5.75 Å². The van der Waals surface area contributed by atoms with Crippen molar-refractivity contribution in [2.24, 2.45) is 0 Å². The SMILES string of the molecule is O=C(O)c1ccc(Cc2cc3cc(C(=O)NCc4ccc(S(=O)(=O)N5CC5)cc4)ccc3cc2O)cc1. The minimum Gasteiger partial charge on any atom is -0.508 e. The fourth-order valence-corrected chi connectivity index (χ4v) is 5.44. The molecule has 1 saturated heterocycles. The van der Waals surface area contributed by atoms with E-state index in [-0.39, 0.29) is 28.7 Å². The number of aromatic carboxylic acids is 1. The number of hydrogen-bond acceptors (Lipinski definition) is 5. The van der Waals surface area contributed by atoms with Gasteiger partial charge >= 0.3 is 5.97 Å². The Hall–Kier alpha value is -4.21. The van der Waals surface area contributed by atoms with Crippen LogP contribution < -0.4 is 5.32 Å². The van der Waals surface area contributed by atoms with Gasteiger partial charge in [-0.15, -0.1) is 0 Å². The summed E-state index contributed by atoms with van der Waals surface area (Å²) in [6.45, 7) is 1.34. The molecule has 0 atom stereocenters. The summed E-state index contributed by atoms with van der Waals surface area (Å²) < 4.78 is 25.9. The van der Waals surface area contributed by atoms with E-state index in [9.17, 15) is 23.1 Å². The second-order valence-corrected chi connectivity index (χ2v) is 10.9. The molecule has 8 nitrogen and oxygen atoms in total. The third-order valence-electron chi connectivity index (χ3n) is 6.32. The van der Waals surface area contributed by atoms with Crippen molar-refractivity contribution >= 4 is 32.7 Å². The molecular formula is C28H24N2O6S. The van der Waals surface area contributed by atoms with E-state index in [4.69, 9.17) is 5.11 Å². The predicted molar refractivity (Wildman–Crippen MR) is 138 cm³/mol. The molecule has 188 valence electrons. The average molecular weight is 517 g/mol. The molecule has 1 aliphatic heterocycles. The molecule has 5 rings (SSSR count). The number of nitrogens with one attached hydrogen (secondary N) is 1. The van der Waals surface area contributed by atoms with Crippen LogP contribution in [0.25, 0.3) is 10.8 Å². The highest BCUT2D eigenvalue weighted by molar-refractivity contribution is 7.89. The standard InChI is InChI=1S/C28H24N2O6S/c31-26-16-21-7-8-22(14-23(21)15-24(26)13-18-1-5-20(6-2-18)28(33)34)27(32)29-17-19-3-9-25(10-4-19)37(35,36)30-11-12-30/h1-10,14-16,31H,11-13,17H2,(H,29,32)(H,33,34). The number of sulfonamides is 1. The molecule has 0 spiro atoms. The number of phenolic OH excluding ortho intramolecular Hbond substituents is 1. The van der Waals surface area contributed by atoms with Crippen LogP contribution in [0.3, 0.4) is 0 Å². The Morgan fingerprint density at radius 2 is 1.46 bits per heavy atom. The zero-order chi connectivity index (χ0) is 26.2. The number of phenols is 1. The van der Waals surface area contributed by atoms with Gasteiger partial charge in [0.25, 0.3) is 5.91 Å². The molecule has 0 radical (unpaired) electrons. The third kappa shape index (κ3) is 5.32. The van der Waals surface area contributed by atoms with Crippen molar-refractivity contribution in [3.8, 4) is 5.75 Å². The highest BCUT2D eigenvalue weighted by Gasteiger charge is 2.33. The Bertz CT molecular complexity index is 1610. The second kappa shape index (κ2) is 9.68. The van der Waals surface area contributed by atoms with E-state index in [0.29, 0.717) is 30.6 Å². The molecule has 0 saturated carbocycles. The number of rotatable bonds is 8. The molecule has 0 aromatic heterocycles. The van der Waals surface area contributed by atoms with E-state index in [1.807, 2.05) is 6.07 Å². The van der Waals surface area contributed by atoms with Crippen LogP contribution in [0.1, 0.15) is 37.4 Å². The minimum absolute atomic E-state index is 0.121. The first-order valence-electron chi connectivity index (χ1n) is 11.7. The number of carboxylic acids is 1. The Labute approximate surface area is 213 Å². The van der Waals surface area contributed by atoms with E-state index >= 15 is 0 Å². The van der Waals surface area contributed by atoms with Crippen LogP contribution in [0.2, 0.25) is 0 Å². The van der Waals surface area contributed by atoms with Crippen molar-refractivity contribution in [2.45, 2.75) is 17.9 Å². The summed E-state index contributed by atoms with van der Waals surface area (Å²) in [6.07, 6.45) is 0.404. The summed E-state index contributed by atoms with van der Waals surface area (Å²) in [6, 6.07) is 21.6. The molecule has 4 aromatic carbocycles. The third-order valence-corrected chi connectivity index (χ3v) is 8.23. The number of carboxylic acid groups (broad SMARTS) is 1. The van der Waals surface area contributed by atoms with Crippen LogP contribution in [-0.4, -0.2) is 47.9 Å². The number of benzene rings is 4. The fourth-order valence-electron chi connectivity index (χ4n) is 4.09. The van der Waals surface area contributed by atoms with Crippen LogP contribution >= 0.6 is 0 Å².